The number of oxime groups is 1. The number of carbonyl (C=O) groups is 2. The molecule has 2 atom stereocenters. The van der Waals surface area contributed by atoms with Gasteiger partial charge in [-0.3, -0.25) is 9.08 Å². The van der Waals surface area contributed by atoms with Crippen LogP contribution in [-0.2, 0) is 28.7 Å². The fourth-order valence-electron chi connectivity index (χ4n) is 4.94. The van der Waals surface area contributed by atoms with Crippen LogP contribution < -0.4 is 0 Å². The lowest BCUT2D eigenvalue weighted by molar-refractivity contribution is -0.154. The summed E-state index contributed by atoms with van der Waals surface area (Å²) in [6.07, 6.45) is -0.768. The van der Waals surface area contributed by atoms with Crippen molar-refractivity contribution in [2.45, 2.75) is 65.3 Å². The Balaban J connectivity index is 1.65. The van der Waals surface area contributed by atoms with Crippen molar-refractivity contribution in [3.05, 3.63) is 52.4 Å². The van der Waals surface area contributed by atoms with Crippen LogP contribution in [0.4, 0.5) is 13.2 Å². The molecular formula is C29H33F3N2O7S2. The standard InChI is InChI=1S/C29H33F3N2O7S2/c1-26(2,3)16-28(17-27(28,4)5)25(36)40-14-13-22(30)29(31,32)43(37,38)41-34-23-12-11-21(42-23)20(15-33)18-9-7-8-10-19(18)24(35)39-6/h7-12,22H,13-14,16-17H2,1-6H3. The van der Waals surface area contributed by atoms with Crippen molar-refractivity contribution < 1.29 is 44.9 Å². The Bertz CT molecular complexity index is 1520. The summed E-state index contributed by atoms with van der Waals surface area (Å²) in [5, 5.41) is 7.70. The van der Waals surface area contributed by atoms with E-state index in [4.69, 9.17) is 9.47 Å². The number of alkyl halides is 3. The number of halogens is 3. The predicted molar refractivity (Wildman–Crippen MR) is 155 cm³/mol. The number of rotatable bonds is 11. The molecule has 0 bridgehead atoms. The van der Waals surface area contributed by atoms with Gasteiger partial charge in [0.15, 0.2) is 6.17 Å². The third-order valence-electron chi connectivity index (χ3n) is 7.22. The van der Waals surface area contributed by atoms with E-state index in [9.17, 15) is 36.4 Å². The Morgan fingerprint density at radius 1 is 1.16 bits per heavy atom. The average Bonchev–Trinajstić information content (AvgIpc) is 3.22. The summed E-state index contributed by atoms with van der Waals surface area (Å²) in [6.45, 7) is 8.87. The molecule has 1 saturated carbocycles. The van der Waals surface area contributed by atoms with E-state index in [1.807, 2.05) is 40.7 Å². The van der Waals surface area contributed by atoms with Gasteiger partial charge in [-0.15, -0.1) is 0 Å². The molecule has 234 valence electrons. The van der Waals surface area contributed by atoms with Gasteiger partial charge in [0, 0.05) is 16.9 Å². The van der Waals surface area contributed by atoms with E-state index in [1.54, 1.807) is 12.1 Å². The van der Waals surface area contributed by atoms with Crippen LogP contribution in [0.15, 0.2) is 46.5 Å². The first kappa shape index (κ1) is 34.2. The number of ether oxygens (including phenoxy) is 2. The van der Waals surface area contributed by atoms with Gasteiger partial charge in [0.2, 0.25) is 0 Å². The number of allylic oxidation sites excluding steroid dienone is 2. The van der Waals surface area contributed by atoms with E-state index >= 15 is 0 Å². The van der Waals surface area contributed by atoms with E-state index in [1.165, 1.54) is 31.4 Å². The molecule has 1 heterocycles. The quantitative estimate of drug-likeness (QED) is 0.153. The van der Waals surface area contributed by atoms with Crippen LogP contribution in [0.3, 0.4) is 0 Å². The number of carbonyl (C=O) groups excluding carboxylic acids is 2. The number of esters is 2. The fourth-order valence-corrected chi connectivity index (χ4v) is 6.53. The van der Waals surface area contributed by atoms with Crippen molar-refractivity contribution >= 4 is 44.4 Å². The second-order valence-corrected chi connectivity index (χ2v) is 14.8. The summed E-state index contributed by atoms with van der Waals surface area (Å²) < 4.78 is 82.2. The number of nitrogens with zero attached hydrogens (tertiary/aromatic N) is 2. The smallest absolute Gasteiger partial charge is 0.412 e. The number of benzene rings is 1. The zero-order chi connectivity index (χ0) is 32.4. The summed E-state index contributed by atoms with van der Waals surface area (Å²) in [5.74, 6) is -1.33. The van der Waals surface area contributed by atoms with Crippen LogP contribution >= 0.6 is 11.8 Å². The highest BCUT2D eigenvalue weighted by atomic mass is 32.2. The number of methoxy groups -OCH3 is 1. The van der Waals surface area contributed by atoms with Crippen LogP contribution in [0.1, 0.15) is 69.8 Å². The molecule has 3 rings (SSSR count). The Morgan fingerprint density at radius 3 is 2.30 bits per heavy atom. The number of hydrogen-bond donors (Lipinski definition) is 0. The minimum Gasteiger partial charge on any atom is -0.465 e. The van der Waals surface area contributed by atoms with E-state index < -0.39 is 51.9 Å². The predicted octanol–water partition coefficient (Wildman–Crippen LogP) is 6.39. The van der Waals surface area contributed by atoms with Gasteiger partial charge in [-0.1, -0.05) is 69.7 Å². The molecule has 1 aliphatic heterocycles. The maximum atomic E-state index is 14.6. The van der Waals surface area contributed by atoms with Crippen molar-refractivity contribution in [1.82, 2.24) is 0 Å². The summed E-state index contributed by atoms with van der Waals surface area (Å²) in [6, 6.07) is 8.04. The first-order valence-corrected chi connectivity index (χ1v) is 15.4. The molecule has 43 heavy (non-hydrogen) atoms. The monoisotopic (exact) mass is 642 g/mol. The highest BCUT2D eigenvalue weighted by Gasteiger charge is 2.68. The lowest BCUT2D eigenvalue weighted by atomic mass is 9.79. The second-order valence-electron chi connectivity index (χ2n) is 12.1. The molecule has 1 aromatic rings. The highest BCUT2D eigenvalue weighted by Crippen LogP contribution is 2.68. The zero-order valence-electron chi connectivity index (χ0n) is 24.6. The van der Waals surface area contributed by atoms with Crippen LogP contribution in [-0.4, -0.2) is 50.5 Å². The third-order valence-corrected chi connectivity index (χ3v) is 9.39. The molecule has 14 heteroatoms. The Hall–Kier alpha value is -3.31. The first-order chi connectivity index (χ1) is 19.8. The molecule has 1 aromatic carbocycles. The van der Waals surface area contributed by atoms with Crippen molar-refractivity contribution in [2.75, 3.05) is 13.7 Å². The largest absolute Gasteiger partial charge is 0.465 e. The minimum atomic E-state index is -5.90. The Morgan fingerprint density at radius 2 is 1.77 bits per heavy atom. The van der Waals surface area contributed by atoms with Crippen LogP contribution in [0.5, 0.6) is 0 Å². The fraction of sp³-hybridized carbons (Fsp3) is 0.517. The molecule has 0 N–H and O–H groups in total. The summed E-state index contributed by atoms with van der Waals surface area (Å²) in [4.78, 5) is 25.1. The van der Waals surface area contributed by atoms with Gasteiger partial charge in [0.25, 0.3) is 0 Å². The molecule has 0 radical (unpaired) electrons. The van der Waals surface area contributed by atoms with Crippen LogP contribution in [0, 0.1) is 27.6 Å². The lowest BCUT2D eigenvalue weighted by Crippen LogP contribution is -2.40. The van der Waals surface area contributed by atoms with Gasteiger partial charge in [-0.2, -0.15) is 22.5 Å². The number of nitriles is 1. The highest BCUT2D eigenvalue weighted by molar-refractivity contribution is 8.18. The van der Waals surface area contributed by atoms with E-state index in [0.717, 1.165) is 0 Å². The first-order valence-electron chi connectivity index (χ1n) is 13.2. The van der Waals surface area contributed by atoms with E-state index in [2.05, 4.69) is 9.44 Å². The molecule has 0 spiro atoms. The Labute approximate surface area is 253 Å². The van der Waals surface area contributed by atoms with Crippen molar-refractivity contribution in [1.29, 1.82) is 5.26 Å². The average molecular weight is 643 g/mol. The van der Waals surface area contributed by atoms with Gasteiger partial charge in [-0.25, -0.2) is 9.18 Å². The molecule has 2 aliphatic rings. The van der Waals surface area contributed by atoms with Crippen molar-refractivity contribution in [2.24, 2.45) is 21.4 Å². The lowest BCUT2D eigenvalue weighted by Gasteiger charge is -2.27. The van der Waals surface area contributed by atoms with Gasteiger partial charge in [0.05, 0.1) is 30.3 Å². The van der Waals surface area contributed by atoms with Crippen molar-refractivity contribution in [3.8, 4) is 6.07 Å². The van der Waals surface area contributed by atoms with Crippen LogP contribution in [0.25, 0.3) is 5.57 Å². The van der Waals surface area contributed by atoms with Crippen molar-refractivity contribution in [3.63, 3.8) is 0 Å². The molecule has 0 amide bonds. The van der Waals surface area contributed by atoms with Gasteiger partial charge >= 0.3 is 27.3 Å². The Kier molecular flexibility index (Phi) is 9.82. The van der Waals surface area contributed by atoms with Gasteiger partial charge in [0.1, 0.15) is 11.1 Å². The molecule has 9 nitrogen and oxygen atoms in total. The molecule has 2 unspecified atom stereocenters. The second kappa shape index (κ2) is 12.4. The van der Waals surface area contributed by atoms with Gasteiger partial charge < -0.3 is 9.47 Å². The SMILES string of the molecule is COC(=O)c1ccccc1C(C#N)=C1C=CC(=NOS(=O)(=O)C(F)(F)C(F)CCOC(=O)C2(CC(C)(C)C)CC2(C)C)S1. The minimum absolute atomic E-state index is 0.0119. The number of thioether (sulfide) groups is 1. The molecule has 0 aromatic heterocycles. The maximum Gasteiger partial charge on any atom is 0.412 e. The molecular weight excluding hydrogens is 609 g/mol. The zero-order valence-corrected chi connectivity index (χ0v) is 26.2. The number of hydrogen-bond acceptors (Lipinski definition) is 10. The summed E-state index contributed by atoms with van der Waals surface area (Å²) >= 11 is 0.713. The molecule has 1 aliphatic carbocycles. The topological polar surface area (TPSA) is 132 Å². The maximum absolute atomic E-state index is 14.6. The third kappa shape index (κ3) is 7.26. The van der Waals surface area contributed by atoms with E-state index in [-0.39, 0.29) is 37.5 Å². The molecule has 0 saturated heterocycles. The summed E-state index contributed by atoms with van der Waals surface area (Å²) in [5.41, 5.74) is -1.08. The van der Waals surface area contributed by atoms with Crippen LogP contribution in [0.2, 0.25) is 0 Å². The normalized spacial score (nSPS) is 22.5. The summed E-state index contributed by atoms with van der Waals surface area (Å²) in [7, 11) is -4.72. The van der Waals surface area contributed by atoms with E-state index in [0.29, 0.717) is 24.6 Å². The molecule has 1 fully saturated rings. The van der Waals surface area contributed by atoms with Gasteiger partial charge in [-0.05, 0) is 41.9 Å².